The lowest BCUT2D eigenvalue weighted by Crippen LogP contribution is -2.45. The molecule has 0 saturated carbocycles. The molecule has 0 heterocycles. The number of aliphatic hydroxyl groups excluding tert-OH is 2. The van der Waals surface area contributed by atoms with Gasteiger partial charge in [0.25, 0.3) is 0 Å². The molecular formula is C42H83NO3. The second kappa shape index (κ2) is 38.6. The van der Waals surface area contributed by atoms with Crippen LogP contribution in [0.3, 0.4) is 0 Å². The van der Waals surface area contributed by atoms with Crippen LogP contribution in [0.1, 0.15) is 232 Å². The molecule has 0 aromatic heterocycles. The first-order chi connectivity index (χ1) is 22.7. The number of amides is 1. The van der Waals surface area contributed by atoms with Gasteiger partial charge in [0, 0.05) is 6.42 Å². The van der Waals surface area contributed by atoms with Crippen LogP contribution in [0.4, 0.5) is 0 Å². The van der Waals surface area contributed by atoms with E-state index in [0.717, 1.165) is 25.7 Å². The Morgan fingerprint density at radius 3 is 1.13 bits per heavy atom. The molecule has 0 rings (SSSR count). The largest absolute Gasteiger partial charge is 0.394 e. The lowest BCUT2D eigenvalue weighted by Gasteiger charge is -2.20. The van der Waals surface area contributed by atoms with Gasteiger partial charge >= 0.3 is 0 Å². The third kappa shape index (κ3) is 34.5. The molecule has 2 atom stereocenters. The molecule has 0 spiro atoms. The fourth-order valence-corrected chi connectivity index (χ4v) is 6.53. The molecule has 3 N–H and O–H groups in total. The summed E-state index contributed by atoms with van der Waals surface area (Å²) in [5, 5.41) is 22.9. The standard InChI is InChI=1S/C42H83NO3/c1-3-5-7-9-11-13-15-17-18-19-20-21-22-23-24-26-28-30-32-34-36-38-42(46)43-40(39-44)41(45)37-35-33-31-29-27-25-16-14-12-10-8-6-4-2/h35,37,40-41,44-45H,3-34,36,38-39H2,1-2H3,(H,43,46)/b37-35+/t40?,41-/m0/s1. The minimum Gasteiger partial charge on any atom is -0.394 e. The first-order valence-electron chi connectivity index (χ1n) is 20.9. The minimum atomic E-state index is -0.832. The lowest BCUT2D eigenvalue weighted by molar-refractivity contribution is -0.123. The summed E-state index contributed by atoms with van der Waals surface area (Å²) in [6.07, 6.45) is 47.4. The van der Waals surface area contributed by atoms with Crippen LogP contribution in [0.2, 0.25) is 0 Å². The first kappa shape index (κ1) is 45.1. The molecule has 4 heteroatoms. The van der Waals surface area contributed by atoms with Gasteiger partial charge in [-0.15, -0.1) is 0 Å². The van der Waals surface area contributed by atoms with Crippen molar-refractivity contribution >= 4 is 5.91 Å². The normalized spacial score (nSPS) is 13.0. The summed E-state index contributed by atoms with van der Waals surface area (Å²) in [6.45, 7) is 4.32. The molecule has 0 aromatic carbocycles. The summed E-state index contributed by atoms with van der Waals surface area (Å²) in [6, 6.07) is -0.615. The van der Waals surface area contributed by atoms with Crippen LogP contribution in [0.5, 0.6) is 0 Å². The Kier molecular flexibility index (Phi) is 37.8. The molecule has 4 nitrogen and oxygen atoms in total. The first-order valence-corrected chi connectivity index (χ1v) is 20.9. The van der Waals surface area contributed by atoms with Gasteiger partial charge in [0.2, 0.25) is 5.91 Å². The van der Waals surface area contributed by atoms with E-state index in [1.165, 1.54) is 186 Å². The van der Waals surface area contributed by atoms with Crippen LogP contribution in [-0.2, 0) is 4.79 Å². The van der Waals surface area contributed by atoms with Crippen LogP contribution < -0.4 is 5.32 Å². The second-order valence-electron chi connectivity index (χ2n) is 14.4. The van der Waals surface area contributed by atoms with Crippen molar-refractivity contribution in [2.75, 3.05) is 6.61 Å². The van der Waals surface area contributed by atoms with E-state index < -0.39 is 12.1 Å². The number of unbranched alkanes of at least 4 members (excludes halogenated alkanes) is 31. The number of carbonyl (C=O) groups is 1. The molecule has 0 saturated heterocycles. The number of carbonyl (C=O) groups excluding carboxylic acids is 1. The van der Waals surface area contributed by atoms with E-state index in [1.54, 1.807) is 6.08 Å². The van der Waals surface area contributed by atoms with Crippen molar-refractivity contribution < 1.29 is 15.0 Å². The fourth-order valence-electron chi connectivity index (χ4n) is 6.53. The van der Waals surface area contributed by atoms with Crippen LogP contribution in [0.15, 0.2) is 12.2 Å². The molecule has 0 aliphatic rings. The predicted octanol–water partition coefficient (Wildman–Crippen LogP) is 12.7. The van der Waals surface area contributed by atoms with Crippen molar-refractivity contribution in [3.05, 3.63) is 12.2 Å². The monoisotopic (exact) mass is 650 g/mol. The van der Waals surface area contributed by atoms with Gasteiger partial charge in [-0.3, -0.25) is 4.79 Å². The summed E-state index contributed by atoms with van der Waals surface area (Å²) in [5.41, 5.74) is 0. The van der Waals surface area contributed by atoms with Crippen molar-refractivity contribution in [3.63, 3.8) is 0 Å². The third-order valence-corrected chi connectivity index (χ3v) is 9.77. The molecule has 274 valence electrons. The van der Waals surface area contributed by atoms with Crippen molar-refractivity contribution in [2.45, 2.75) is 244 Å². The van der Waals surface area contributed by atoms with Gasteiger partial charge in [-0.05, 0) is 19.3 Å². The molecule has 0 aromatic rings. The molecule has 46 heavy (non-hydrogen) atoms. The Hall–Kier alpha value is -0.870. The number of allylic oxidation sites excluding steroid dienone is 1. The highest BCUT2D eigenvalue weighted by atomic mass is 16.3. The van der Waals surface area contributed by atoms with E-state index in [2.05, 4.69) is 19.2 Å². The van der Waals surface area contributed by atoms with Gasteiger partial charge in [-0.1, -0.05) is 219 Å². The maximum Gasteiger partial charge on any atom is 0.220 e. The van der Waals surface area contributed by atoms with Crippen molar-refractivity contribution in [3.8, 4) is 0 Å². The zero-order valence-corrected chi connectivity index (χ0v) is 31.4. The van der Waals surface area contributed by atoms with Crippen molar-refractivity contribution in [1.29, 1.82) is 0 Å². The van der Waals surface area contributed by atoms with Gasteiger partial charge in [-0.25, -0.2) is 0 Å². The molecule has 0 fully saturated rings. The number of hydrogen-bond donors (Lipinski definition) is 3. The Bertz CT molecular complexity index is 622. The van der Waals surface area contributed by atoms with Crippen LogP contribution in [0, 0.1) is 0 Å². The topological polar surface area (TPSA) is 69.6 Å². The van der Waals surface area contributed by atoms with E-state index in [9.17, 15) is 15.0 Å². The minimum absolute atomic E-state index is 0.0605. The Labute approximate surface area is 288 Å². The average molecular weight is 650 g/mol. The van der Waals surface area contributed by atoms with Crippen LogP contribution in [-0.4, -0.2) is 34.9 Å². The molecule has 0 aliphatic heterocycles. The highest BCUT2D eigenvalue weighted by molar-refractivity contribution is 5.76. The molecule has 0 aliphatic carbocycles. The summed E-state index contributed by atoms with van der Waals surface area (Å²) < 4.78 is 0. The highest BCUT2D eigenvalue weighted by Gasteiger charge is 2.17. The molecule has 0 bridgehead atoms. The molecule has 0 radical (unpaired) electrons. The number of hydrogen-bond acceptors (Lipinski definition) is 3. The van der Waals surface area contributed by atoms with Gasteiger partial charge in [0.05, 0.1) is 18.8 Å². The average Bonchev–Trinajstić information content (AvgIpc) is 3.06. The summed E-state index contributed by atoms with van der Waals surface area (Å²) in [4.78, 5) is 12.3. The van der Waals surface area contributed by atoms with E-state index in [0.29, 0.717) is 6.42 Å². The van der Waals surface area contributed by atoms with Crippen LogP contribution >= 0.6 is 0 Å². The van der Waals surface area contributed by atoms with E-state index in [1.807, 2.05) is 6.08 Å². The van der Waals surface area contributed by atoms with Crippen molar-refractivity contribution in [1.82, 2.24) is 5.32 Å². The van der Waals surface area contributed by atoms with Crippen molar-refractivity contribution in [2.24, 2.45) is 0 Å². The third-order valence-electron chi connectivity index (χ3n) is 9.77. The summed E-state index contributed by atoms with van der Waals surface area (Å²) in [7, 11) is 0. The highest BCUT2D eigenvalue weighted by Crippen LogP contribution is 2.16. The Morgan fingerprint density at radius 1 is 0.500 bits per heavy atom. The maximum atomic E-state index is 12.3. The number of nitrogens with one attached hydrogen (secondary N) is 1. The van der Waals surface area contributed by atoms with Gasteiger partial charge in [0.15, 0.2) is 0 Å². The smallest absolute Gasteiger partial charge is 0.220 e. The molecular weight excluding hydrogens is 566 g/mol. The van der Waals surface area contributed by atoms with E-state index >= 15 is 0 Å². The summed E-state index contributed by atoms with van der Waals surface area (Å²) >= 11 is 0. The second-order valence-corrected chi connectivity index (χ2v) is 14.4. The number of rotatable bonds is 38. The number of aliphatic hydroxyl groups is 2. The van der Waals surface area contributed by atoms with Gasteiger partial charge < -0.3 is 15.5 Å². The Balaban J connectivity index is 3.51. The van der Waals surface area contributed by atoms with E-state index in [4.69, 9.17) is 0 Å². The van der Waals surface area contributed by atoms with Gasteiger partial charge in [-0.2, -0.15) is 0 Å². The maximum absolute atomic E-state index is 12.3. The predicted molar refractivity (Wildman–Crippen MR) is 202 cm³/mol. The zero-order chi connectivity index (χ0) is 33.6. The molecule has 1 unspecified atom stereocenters. The van der Waals surface area contributed by atoms with Crippen LogP contribution in [0.25, 0.3) is 0 Å². The quantitative estimate of drug-likeness (QED) is 0.0460. The lowest BCUT2D eigenvalue weighted by atomic mass is 10.0. The Morgan fingerprint density at radius 2 is 0.804 bits per heavy atom. The van der Waals surface area contributed by atoms with E-state index in [-0.39, 0.29) is 12.5 Å². The van der Waals surface area contributed by atoms with Gasteiger partial charge in [0.1, 0.15) is 0 Å². The molecule has 1 amide bonds. The fraction of sp³-hybridized carbons (Fsp3) is 0.929. The SMILES string of the molecule is CCCCCCCCCCCCC/C=C/[C@H](O)C(CO)NC(=O)CCCCCCCCCCCCCCCCCCCCCCC. The zero-order valence-electron chi connectivity index (χ0n) is 31.4. The summed E-state index contributed by atoms with van der Waals surface area (Å²) in [5.74, 6) is -0.0605.